The summed E-state index contributed by atoms with van der Waals surface area (Å²) in [4.78, 5) is 43.5. The van der Waals surface area contributed by atoms with Gasteiger partial charge in [-0.15, -0.1) is 0 Å². The van der Waals surface area contributed by atoms with Crippen molar-refractivity contribution in [1.29, 1.82) is 0 Å². The minimum absolute atomic E-state index is 0.0303. The molecular weight excluding hydrogens is 430 g/mol. The van der Waals surface area contributed by atoms with E-state index in [2.05, 4.69) is 4.90 Å². The van der Waals surface area contributed by atoms with Crippen molar-refractivity contribution < 1.29 is 19.1 Å². The highest BCUT2D eigenvalue weighted by Gasteiger charge is 2.46. The second kappa shape index (κ2) is 9.97. The number of Topliss-reactive ketones (excluding diaryl/α,β-unsaturated/α-hetero) is 1. The Kier molecular flexibility index (Phi) is 6.63. The van der Waals surface area contributed by atoms with Crippen LogP contribution in [0.1, 0.15) is 41.6 Å². The van der Waals surface area contributed by atoms with Gasteiger partial charge in [0.25, 0.3) is 0 Å². The normalized spacial score (nSPS) is 22.1. The molecule has 2 amide bonds. The standard InChI is InChI=1S/C27H31N3O4/c31-25-12-13-26(32)30(23-11-5-4-10-22(23)25)15-7-6-14-28-16-21-17-29(18-24(21)28)27(33)34-19-20-8-2-1-3-9-20/h1-5,8-11,21,24H,6-7,12-19H2/t21-,24-/m1/s1. The molecule has 2 atom stereocenters. The van der Waals surface area contributed by atoms with Crippen LogP contribution in [0.15, 0.2) is 54.6 Å². The molecule has 0 aliphatic carbocycles. The number of unbranched alkanes of at least 4 members (excludes halogenated alkanes) is 1. The van der Waals surface area contributed by atoms with Crippen molar-refractivity contribution in [2.75, 3.05) is 37.6 Å². The fourth-order valence-corrected chi connectivity index (χ4v) is 5.36. The Morgan fingerprint density at radius 3 is 2.50 bits per heavy atom. The lowest BCUT2D eigenvalue weighted by Gasteiger charge is -2.43. The zero-order chi connectivity index (χ0) is 23.5. The Bertz CT molecular complexity index is 1060. The van der Waals surface area contributed by atoms with Gasteiger partial charge < -0.3 is 14.5 Å². The summed E-state index contributed by atoms with van der Waals surface area (Å²) >= 11 is 0. The van der Waals surface area contributed by atoms with E-state index in [1.54, 1.807) is 4.90 Å². The third-order valence-corrected chi connectivity index (χ3v) is 7.25. The van der Waals surface area contributed by atoms with Gasteiger partial charge in [0.05, 0.1) is 5.69 Å². The molecule has 7 nitrogen and oxygen atoms in total. The van der Waals surface area contributed by atoms with Crippen molar-refractivity contribution in [2.45, 2.75) is 38.3 Å². The third kappa shape index (κ3) is 4.71. The topological polar surface area (TPSA) is 70.2 Å². The minimum atomic E-state index is -0.230. The van der Waals surface area contributed by atoms with Crippen molar-refractivity contribution in [3.8, 4) is 0 Å². The van der Waals surface area contributed by atoms with Crippen LogP contribution in [-0.2, 0) is 16.1 Å². The van der Waals surface area contributed by atoms with Crippen molar-refractivity contribution in [3.05, 3.63) is 65.7 Å². The van der Waals surface area contributed by atoms with Gasteiger partial charge in [-0.3, -0.25) is 14.5 Å². The number of anilines is 1. The molecule has 3 aliphatic heterocycles. The highest BCUT2D eigenvalue weighted by Crippen LogP contribution is 2.33. The number of ketones is 1. The molecule has 0 spiro atoms. The summed E-state index contributed by atoms with van der Waals surface area (Å²) in [6.45, 7) is 4.38. The highest BCUT2D eigenvalue weighted by atomic mass is 16.6. The molecule has 178 valence electrons. The summed E-state index contributed by atoms with van der Waals surface area (Å²) in [6.07, 6.45) is 2.19. The maximum atomic E-state index is 12.6. The maximum Gasteiger partial charge on any atom is 0.410 e. The first-order valence-electron chi connectivity index (χ1n) is 12.2. The molecule has 0 aromatic heterocycles. The molecule has 0 unspecified atom stereocenters. The van der Waals surface area contributed by atoms with Crippen LogP contribution >= 0.6 is 0 Å². The lowest BCUT2D eigenvalue weighted by Crippen LogP contribution is -2.55. The number of nitrogens with zero attached hydrogens (tertiary/aromatic N) is 3. The fourth-order valence-electron chi connectivity index (χ4n) is 5.36. The summed E-state index contributed by atoms with van der Waals surface area (Å²) in [5, 5.41) is 0. The molecule has 0 radical (unpaired) electrons. The van der Waals surface area contributed by atoms with Gasteiger partial charge in [-0.05, 0) is 37.1 Å². The van der Waals surface area contributed by atoms with E-state index in [9.17, 15) is 14.4 Å². The lowest BCUT2D eigenvalue weighted by molar-refractivity contribution is -0.118. The van der Waals surface area contributed by atoms with Crippen LogP contribution < -0.4 is 4.90 Å². The Morgan fingerprint density at radius 2 is 1.65 bits per heavy atom. The quantitative estimate of drug-likeness (QED) is 0.588. The molecule has 0 bridgehead atoms. The van der Waals surface area contributed by atoms with Gasteiger partial charge in [0.15, 0.2) is 5.78 Å². The Labute approximate surface area is 200 Å². The molecule has 2 aromatic carbocycles. The van der Waals surface area contributed by atoms with Gasteiger partial charge >= 0.3 is 6.09 Å². The van der Waals surface area contributed by atoms with Gasteiger partial charge in [0.1, 0.15) is 6.61 Å². The molecule has 34 heavy (non-hydrogen) atoms. The van der Waals surface area contributed by atoms with Gasteiger partial charge in [-0.2, -0.15) is 0 Å². The van der Waals surface area contributed by atoms with E-state index in [4.69, 9.17) is 4.74 Å². The second-order valence-corrected chi connectivity index (χ2v) is 9.46. The molecule has 3 aliphatic rings. The Morgan fingerprint density at radius 1 is 0.882 bits per heavy atom. The molecule has 5 rings (SSSR count). The van der Waals surface area contributed by atoms with Crippen LogP contribution in [0, 0.1) is 5.92 Å². The summed E-state index contributed by atoms with van der Waals surface area (Å²) < 4.78 is 5.50. The monoisotopic (exact) mass is 461 g/mol. The Balaban J connectivity index is 1.07. The molecule has 2 saturated heterocycles. The molecule has 3 heterocycles. The first-order valence-corrected chi connectivity index (χ1v) is 12.2. The van der Waals surface area contributed by atoms with Crippen LogP contribution in [0.3, 0.4) is 0 Å². The minimum Gasteiger partial charge on any atom is -0.445 e. The van der Waals surface area contributed by atoms with E-state index in [0.29, 0.717) is 30.7 Å². The third-order valence-electron chi connectivity index (χ3n) is 7.25. The van der Waals surface area contributed by atoms with Crippen molar-refractivity contribution in [1.82, 2.24) is 9.80 Å². The van der Waals surface area contributed by atoms with Gasteiger partial charge in [0, 0.05) is 56.5 Å². The average molecular weight is 462 g/mol. The molecule has 0 N–H and O–H groups in total. The number of hydrogen-bond donors (Lipinski definition) is 0. The molecule has 0 saturated carbocycles. The Hall–Kier alpha value is -3.19. The number of para-hydroxylation sites is 1. The predicted molar refractivity (Wildman–Crippen MR) is 129 cm³/mol. The number of hydrogen-bond acceptors (Lipinski definition) is 5. The van der Waals surface area contributed by atoms with Crippen LogP contribution in [0.4, 0.5) is 10.5 Å². The van der Waals surface area contributed by atoms with E-state index in [0.717, 1.165) is 50.3 Å². The first kappa shape index (κ1) is 22.6. The first-order chi connectivity index (χ1) is 16.6. The van der Waals surface area contributed by atoms with Crippen LogP contribution in [0.5, 0.6) is 0 Å². The van der Waals surface area contributed by atoms with Crippen molar-refractivity contribution in [2.24, 2.45) is 5.92 Å². The van der Waals surface area contributed by atoms with Crippen LogP contribution in [0.25, 0.3) is 0 Å². The van der Waals surface area contributed by atoms with Gasteiger partial charge in [-0.1, -0.05) is 42.5 Å². The van der Waals surface area contributed by atoms with Crippen LogP contribution in [0.2, 0.25) is 0 Å². The molecule has 2 aromatic rings. The van der Waals surface area contributed by atoms with Gasteiger partial charge in [-0.25, -0.2) is 4.79 Å². The number of fused-ring (bicyclic) bond motifs is 2. The predicted octanol–water partition coefficient (Wildman–Crippen LogP) is 3.73. The fraction of sp³-hybridized carbons (Fsp3) is 0.444. The smallest absolute Gasteiger partial charge is 0.410 e. The number of carbonyl (C=O) groups excluding carboxylic acids is 3. The number of benzene rings is 2. The summed E-state index contributed by atoms with van der Waals surface area (Å²) in [6, 6.07) is 17.6. The van der Waals surface area contributed by atoms with E-state index < -0.39 is 0 Å². The van der Waals surface area contributed by atoms with Gasteiger partial charge in [0.2, 0.25) is 5.91 Å². The number of rotatable bonds is 7. The number of ether oxygens (including phenoxy) is 1. The molecule has 7 heteroatoms. The number of amides is 2. The van der Waals surface area contributed by atoms with E-state index in [1.165, 1.54) is 0 Å². The van der Waals surface area contributed by atoms with E-state index in [-0.39, 0.29) is 30.6 Å². The SMILES string of the molecule is O=C1CCC(=O)N(CCCCN2C[C@@H]3CN(C(=O)OCc4ccccc4)C[C@H]32)c2ccccc21. The van der Waals surface area contributed by atoms with Crippen molar-refractivity contribution >= 4 is 23.5 Å². The summed E-state index contributed by atoms with van der Waals surface area (Å²) in [7, 11) is 0. The molecule has 2 fully saturated rings. The number of likely N-dealkylation sites (tertiary alicyclic amines) is 2. The van der Waals surface area contributed by atoms with E-state index in [1.807, 2.05) is 59.5 Å². The summed E-state index contributed by atoms with van der Waals surface area (Å²) in [5.41, 5.74) is 2.40. The second-order valence-electron chi connectivity index (χ2n) is 9.46. The lowest BCUT2D eigenvalue weighted by atomic mass is 9.92. The number of carbonyl (C=O) groups is 3. The zero-order valence-corrected chi connectivity index (χ0v) is 19.4. The highest BCUT2D eigenvalue weighted by molar-refractivity contribution is 6.10. The van der Waals surface area contributed by atoms with E-state index >= 15 is 0 Å². The zero-order valence-electron chi connectivity index (χ0n) is 19.4. The maximum absolute atomic E-state index is 12.6. The summed E-state index contributed by atoms with van der Waals surface area (Å²) in [5.74, 6) is 0.600. The largest absolute Gasteiger partial charge is 0.445 e. The van der Waals surface area contributed by atoms with Crippen LogP contribution in [-0.4, -0.2) is 66.3 Å². The molecular formula is C27H31N3O4. The average Bonchev–Trinajstić information content (AvgIpc) is 3.14. The van der Waals surface area contributed by atoms with Crippen molar-refractivity contribution in [3.63, 3.8) is 0 Å².